The van der Waals surface area contributed by atoms with Gasteiger partial charge in [-0.05, 0) is 48.0 Å². The van der Waals surface area contributed by atoms with E-state index in [9.17, 15) is 9.59 Å². The molecule has 0 saturated heterocycles. The Labute approximate surface area is 238 Å². The van der Waals surface area contributed by atoms with Gasteiger partial charge in [0.05, 0.1) is 21.3 Å². The lowest BCUT2D eigenvalue weighted by atomic mass is 10.1. The molecular formula is C32H30N2O5S. The van der Waals surface area contributed by atoms with Crippen LogP contribution in [0.3, 0.4) is 0 Å². The van der Waals surface area contributed by atoms with Crippen molar-refractivity contribution in [3.8, 4) is 17.2 Å². The number of methoxy groups -OCH3 is 3. The summed E-state index contributed by atoms with van der Waals surface area (Å²) in [4.78, 5) is 27.6. The highest BCUT2D eigenvalue weighted by Crippen LogP contribution is 2.35. The molecule has 0 heterocycles. The van der Waals surface area contributed by atoms with E-state index >= 15 is 0 Å². The zero-order chi connectivity index (χ0) is 28.3. The Hall–Kier alpha value is -4.69. The van der Waals surface area contributed by atoms with Crippen LogP contribution in [0, 0.1) is 0 Å². The summed E-state index contributed by atoms with van der Waals surface area (Å²) in [5.41, 5.74) is 2.77. The number of nitrogens with one attached hydrogen (secondary N) is 2. The molecule has 4 rings (SSSR count). The Morgan fingerprint density at radius 2 is 1.40 bits per heavy atom. The number of rotatable bonds is 11. The molecule has 0 aromatic heterocycles. The number of carbonyl (C=O) groups is 2. The van der Waals surface area contributed by atoms with Crippen molar-refractivity contribution in [2.45, 2.75) is 10.6 Å². The summed E-state index contributed by atoms with van der Waals surface area (Å²) in [5.74, 6) is 1.25. The quantitative estimate of drug-likeness (QED) is 0.165. The molecule has 0 atom stereocenters. The van der Waals surface area contributed by atoms with Crippen LogP contribution in [0.4, 0.5) is 5.69 Å². The molecule has 4 aromatic rings. The molecule has 0 unspecified atom stereocenters. The first-order valence-corrected chi connectivity index (χ1v) is 13.5. The van der Waals surface area contributed by atoms with E-state index in [4.69, 9.17) is 14.2 Å². The van der Waals surface area contributed by atoms with Gasteiger partial charge in [-0.15, -0.1) is 11.8 Å². The summed E-state index contributed by atoms with van der Waals surface area (Å²) < 4.78 is 16.3. The minimum atomic E-state index is -0.494. The molecule has 0 aliphatic heterocycles. The molecule has 0 radical (unpaired) electrons. The maximum Gasteiger partial charge on any atom is 0.272 e. The summed E-state index contributed by atoms with van der Waals surface area (Å²) in [6, 6.07) is 29.8. The second-order valence-corrected chi connectivity index (χ2v) is 9.63. The van der Waals surface area contributed by atoms with Crippen molar-refractivity contribution in [3.63, 3.8) is 0 Å². The average molecular weight is 555 g/mol. The second kappa shape index (κ2) is 13.9. The van der Waals surface area contributed by atoms with Crippen LogP contribution in [0.15, 0.2) is 108 Å². The third-order valence-electron chi connectivity index (χ3n) is 5.90. The molecule has 0 aliphatic rings. The summed E-state index contributed by atoms with van der Waals surface area (Å²) in [7, 11) is 4.56. The van der Waals surface area contributed by atoms with Crippen molar-refractivity contribution < 1.29 is 23.8 Å². The van der Waals surface area contributed by atoms with Gasteiger partial charge in [-0.2, -0.15) is 0 Å². The van der Waals surface area contributed by atoms with Crippen LogP contribution in [0.2, 0.25) is 0 Å². The fourth-order valence-electron chi connectivity index (χ4n) is 3.87. The van der Waals surface area contributed by atoms with E-state index in [1.54, 1.807) is 60.3 Å². The third-order valence-corrected chi connectivity index (χ3v) is 6.97. The van der Waals surface area contributed by atoms with E-state index in [1.807, 2.05) is 42.5 Å². The van der Waals surface area contributed by atoms with Crippen LogP contribution in [-0.2, 0) is 10.5 Å². The number of carbonyl (C=O) groups excluding carboxylic acids is 2. The first kappa shape index (κ1) is 28.3. The minimum Gasteiger partial charge on any atom is -0.496 e. The van der Waals surface area contributed by atoms with Crippen molar-refractivity contribution >= 4 is 35.3 Å². The van der Waals surface area contributed by atoms with Crippen LogP contribution in [-0.4, -0.2) is 33.1 Å². The van der Waals surface area contributed by atoms with Crippen LogP contribution in [0.1, 0.15) is 21.5 Å². The van der Waals surface area contributed by atoms with Crippen LogP contribution in [0.5, 0.6) is 17.2 Å². The van der Waals surface area contributed by atoms with Crippen molar-refractivity contribution in [2.75, 3.05) is 26.6 Å². The molecule has 8 heteroatoms. The first-order chi connectivity index (χ1) is 19.5. The predicted octanol–water partition coefficient (Wildman–Crippen LogP) is 6.41. The Morgan fingerprint density at radius 1 is 0.750 bits per heavy atom. The zero-order valence-corrected chi connectivity index (χ0v) is 23.3. The summed E-state index contributed by atoms with van der Waals surface area (Å²) in [6.45, 7) is 0. The number of anilines is 1. The Balaban J connectivity index is 1.62. The van der Waals surface area contributed by atoms with Gasteiger partial charge in [0.2, 0.25) is 0 Å². The van der Waals surface area contributed by atoms with Crippen molar-refractivity contribution in [1.29, 1.82) is 0 Å². The van der Waals surface area contributed by atoms with E-state index < -0.39 is 11.8 Å². The van der Waals surface area contributed by atoms with Gasteiger partial charge in [-0.1, -0.05) is 54.6 Å². The standard InChI is InChI=1S/C32H30N2O5S/c1-37-28-20-30(39-3)29(38-2)18-24(28)17-27(34-31(35)23-13-8-5-9-14-23)32(36)33-25-15-10-16-26(19-25)40-21-22-11-6-4-7-12-22/h4-20H,21H2,1-3H3,(H,33,36)(H,34,35)/b27-17+. The van der Waals surface area contributed by atoms with Gasteiger partial charge in [0.15, 0.2) is 11.5 Å². The maximum atomic E-state index is 13.6. The molecular weight excluding hydrogens is 524 g/mol. The molecule has 2 N–H and O–H groups in total. The molecule has 40 heavy (non-hydrogen) atoms. The van der Waals surface area contributed by atoms with E-state index in [0.29, 0.717) is 34.1 Å². The van der Waals surface area contributed by atoms with Crippen molar-refractivity contribution in [3.05, 3.63) is 119 Å². The molecule has 204 valence electrons. The lowest BCUT2D eigenvalue weighted by molar-refractivity contribution is -0.113. The molecule has 0 saturated carbocycles. The highest BCUT2D eigenvalue weighted by Gasteiger charge is 2.18. The van der Waals surface area contributed by atoms with Gasteiger partial charge in [-0.3, -0.25) is 9.59 Å². The predicted molar refractivity (Wildman–Crippen MR) is 159 cm³/mol. The number of thioether (sulfide) groups is 1. The van der Waals surface area contributed by atoms with E-state index in [-0.39, 0.29) is 5.70 Å². The summed E-state index contributed by atoms with van der Waals surface area (Å²) in [5, 5.41) is 5.67. The fourth-order valence-corrected chi connectivity index (χ4v) is 4.78. The number of hydrogen-bond acceptors (Lipinski definition) is 6. The molecule has 0 spiro atoms. The van der Waals surface area contributed by atoms with Gasteiger partial charge < -0.3 is 24.8 Å². The van der Waals surface area contributed by atoms with E-state index in [0.717, 1.165) is 10.6 Å². The van der Waals surface area contributed by atoms with Gasteiger partial charge in [-0.25, -0.2) is 0 Å². The molecule has 0 aliphatic carbocycles. The number of ether oxygens (including phenoxy) is 3. The third kappa shape index (κ3) is 7.45. The zero-order valence-electron chi connectivity index (χ0n) is 22.5. The molecule has 2 amide bonds. The number of amides is 2. The topological polar surface area (TPSA) is 85.9 Å². The van der Waals surface area contributed by atoms with Crippen LogP contribution >= 0.6 is 11.8 Å². The Morgan fingerprint density at radius 3 is 2.08 bits per heavy atom. The average Bonchev–Trinajstić information content (AvgIpc) is 3.00. The monoisotopic (exact) mass is 554 g/mol. The Kier molecular flexibility index (Phi) is 9.85. The van der Waals surface area contributed by atoms with E-state index in [2.05, 4.69) is 22.8 Å². The first-order valence-electron chi connectivity index (χ1n) is 12.5. The normalized spacial score (nSPS) is 10.9. The van der Waals surface area contributed by atoms with Crippen molar-refractivity contribution in [2.24, 2.45) is 0 Å². The lowest BCUT2D eigenvalue weighted by Gasteiger charge is -2.15. The minimum absolute atomic E-state index is 0.0294. The summed E-state index contributed by atoms with van der Waals surface area (Å²) >= 11 is 1.67. The number of benzene rings is 4. The lowest BCUT2D eigenvalue weighted by Crippen LogP contribution is -2.30. The summed E-state index contributed by atoms with van der Waals surface area (Å²) in [6.07, 6.45) is 1.55. The molecule has 7 nitrogen and oxygen atoms in total. The number of hydrogen-bond donors (Lipinski definition) is 2. The Bertz CT molecular complexity index is 1490. The molecule has 4 aromatic carbocycles. The van der Waals surface area contributed by atoms with Crippen LogP contribution in [0.25, 0.3) is 6.08 Å². The smallest absolute Gasteiger partial charge is 0.272 e. The highest BCUT2D eigenvalue weighted by atomic mass is 32.2. The molecule has 0 bridgehead atoms. The van der Waals surface area contributed by atoms with Gasteiger partial charge in [0.25, 0.3) is 11.8 Å². The second-order valence-electron chi connectivity index (χ2n) is 8.58. The SMILES string of the molecule is COc1cc(OC)c(OC)cc1/C=C(/NC(=O)c1ccccc1)C(=O)Nc1cccc(SCc2ccccc2)c1. The highest BCUT2D eigenvalue weighted by molar-refractivity contribution is 7.98. The van der Waals surface area contributed by atoms with E-state index in [1.165, 1.54) is 26.9 Å². The van der Waals surface area contributed by atoms with Crippen molar-refractivity contribution in [1.82, 2.24) is 5.32 Å². The van der Waals surface area contributed by atoms with Crippen LogP contribution < -0.4 is 24.8 Å². The largest absolute Gasteiger partial charge is 0.496 e. The van der Waals surface area contributed by atoms with Gasteiger partial charge in [0.1, 0.15) is 11.4 Å². The maximum absolute atomic E-state index is 13.6. The molecule has 0 fully saturated rings. The fraction of sp³-hybridized carbons (Fsp3) is 0.125. The van der Waals surface area contributed by atoms with Gasteiger partial charge >= 0.3 is 0 Å². The van der Waals surface area contributed by atoms with Gasteiger partial charge in [0, 0.05) is 33.5 Å².